The van der Waals surface area contributed by atoms with E-state index in [9.17, 15) is 4.79 Å². The number of hydrogen-bond donors (Lipinski definition) is 0. The van der Waals surface area contributed by atoms with Gasteiger partial charge in [-0.15, -0.1) is 0 Å². The Hall–Kier alpha value is -2.09. The van der Waals surface area contributed by atoms with Crippen molar-refractivity contribution in [3.05, 3.63) is 59.2 Å². The van der Waals surface area contributed by atoms with Crippen LogP contribution in [-0.4, -0.2) is 11.6 Å². The van der Waals surface area contributed by atoms with Gasteiger partial charge in [0, 0.05) is 0 Å². The quantitative estimate of drug-likeness (QED) is 0.714. The Morgan fingerprint density at radius 1 is 1.05 bits per heavy atom. The lowest BCUT2D eigenvalue weighted by Gasteiger charge is -2.24. The third kappa shape index (κ3) is 3.56. The van der Waals surface area contributed by atoms with Gasteiger partial charge in [-0.1, -0.05) is 48.9 Å². The molecule has 2 nitrogen and oxygen atoms in total. The fourth-order valence-electron chi connectivity index (χ4n) is 2.39. The third-order valence-corrected chi connectivity index (χ3v) is 4.04. The molecule has 0 aromatic heterocycles. The van der Waals surface area contributed by atoms with Gasteiger partial charge in [0.1, 0.15) is 5.60 Å². The van der Waals surface area contributed by atoms with Gasteiger partial charge in [-0.2, -0.15) is 0 Å². The van der Waals surface area contributed by atoms with Crippen LogP contribution >= 0.6 is 0 Å². The van der Waals surface area contributed by atoms with Gasteiger partial charge in [0.25, 0.3) is 0 Å². The molecule has 0 saturated heterocycles. The second-order valence-corrected chi connectivity index (χ2v) is 6.37. The van der Waals surface area contributed by atoms with E-state index in [0.717, 1.165) is 23.1 Å². The number of hydrogen-bond acceptors (Lipinski definition) is 2. The molecule has 0 N–H and O–H groups in total. The molecule has 2 heteroatoms. The molecule has 2 aromatic carbocycles. The lowest BCUT2D eigenvalue weighted by atomic mass is 9.94. The highest BCUT2D eigenvalue weighted by molar-refractivity contribution is 5.97. The Balaban J connectivity index is 2.45. The zero-order valence-corrected chi connectivity index (χ0v) is 14.1. The van der Waals surface area contributed by atoms with Crippen LogP contribution < -0.4 is 0 Å². The SMILES string of the molecule is CCC(C)(C)OC(=O)c1ccccc1-c1ccc(C)cc1C. The molecule has 0 atom stereocenters. The highest BCUT2D eigenvalue weighted by Crippen LogP contribution is 2.29. The van der Waals surface area contributed by atoms with E-state index in [4.69, 9.17) is 4.74 Å². The van der Waals surface area contributed by atoms with Gasteiger partial charge in [0.15, 0.2) is 0 Å². The van der Waals surface area contributed by atoms with Crippen LogP contribution in [-0.2, 0) is 4.74 Å². The zero-order valence-electron chi connectivity index (χ0n) is 14.1. The van der Waals surface area contributed by atoms with Crippen LogP contribution in [0, 0.1) is 13.8 Å². The van der Waals surface area contributed by atoms with Gasteiger partial charge in [0.05, 0.1) is 5.56 Å². The van der Waals surface area contributed by atoms with Crippen LogP contribution in [0.25, 0.3) is 11.1 Å². The summed E-state index contributed by atoms with van der Waals surface area (Å²) in [5.41, 5.74) is 4.55. The summed E-state index contributed by atoms with van der Waals surface area (Å²) in [6, 6.07) is 13.9. The number of carbonyl (C=O) groups is 1. The Labute approximate surface area is 133 Å². The number of ether oxygens (including phenoxy) is 1. The van der Waals surface area contributed by atoms with Gasteiger partial charge in [-0.25, -0.2) is 4.79 Å². The molecule has 0 amide bonds. The maximum atomic E-state index is 12.6. The maximum absolute atomic E-state index is 12.6. The van der Waals surface area contributed by atoms with Crippen LogP contribution in [0.4, 0.5) is 0 Å². The summed E-state index contributed by atoms with van der Waals surface area (Å²) in [4.78, 5) is 12.6. The smallest absolute Gasteiger partial charge is 0.339 e. The molecule has 22 heavy (non-hydrogen) atoms. The first-order valence-corrected chi connectivity index (χ1v) is 7.74. The monoisotopic (exact) mass is 296 g/mol. The van der Waals surface area contributed by atoms with Crippen molar-refractivity contribution in [1.29, 1.82) is 0 Å². The molecule has 0 heterocycles. The van der Waals surface area contributed by atoms with Crippen molar-refractivity contribution in [2.75, 3.05) is 0 Å². The van der Waals surface area contributed by atoms with Crippen LogP contribution in [0.15, 0.2) is 42.5 Å². The lowest BCUT2D eigenvalue weighted by Crippen LogP contribution is -2.27. The standard InChI is InChI=1S/C20H24O2/c1-6-20(4,5)22-19(21)18-10-8-7-9-17(18)16-12-11-14(2)13-15(16)3/h7-13H,6H2,1-5H3. The predicted octanol–water partition coefficient (Wildman–Crippen LogP) is 5.32. The average molecular weight is 296 g/mol. The van der Waals surface area contributed by atoms with E-state index in [1.54, 1.807) is 0 Å². The first-order chi connectivity index (χ1) is 10.3. The molecular formula is C20H24O2. The van der Waals surface area contributed by atoms with Gasteiger partial charge in [-0.05, 0) is 56.9 Å². The molecule has 2 rings (SSSR count). The van der Waals surface area contributed by atoms with Crippen LogP contribution in [0.2, 0.25) is 0 Å². The molecule has 0 unspecified atom stereocenters. The minimum absolute atomic E-state index is 0.262. The molecule has 0 fully saturated rings. The van der Waals surface area contributed by atoms with Crippen molar-refractivity contribution < 1.29 is 9.53 Å². The molecular weight excluding hydrogens is 272 g/mol. The third-order valence-electron chi connectivity index (χ3n) is 4.04. The molecule has 0 saturated carbocycles. The van der Waals surface area contributed by atoms with Crippen LogP contribution in [0.3, 0.4) is 0 Å². The summed E-state index contributed by atoms with van der Waals surface area (Å²) in [6.07, 6.45) is 0.782. The maximum Gasteiger partial charge on any atom is 0.339 e. The second-order valence-electron chi connectivity index (χ2n) is 6.37. The number of aryl methyl sites for hydroxylation is 2. The molecule has 0 spiro atoms. The Morgan fingerprint density at radius 2 is 1.73 bits per heavy atom. The van der Waals surface area contributed by atoms with E-state index in [0.29, 0.717) is 5.56 Å². The summed E-state index contributed by atoms with van der Waals surface area (Å²) in [5.74, 6) is -0.262. The normalized spacial score (nSPS) is 11.3. The molecule has 2 aromatic rings. The Kier molecular flexibility index (Phi) is 4.70. The van der Waals surface area contributed by atoms with E-state index in [1.165, 1.54) is 5.56 Å². The van der Waals surface area contributed by atoms with Crippen molar-refractivity contribution in [2.45, 2.75) is 46.6 Å². The fraction of sp³-hybridized carbons (Fsp3) is 0.350. The molecule has 0 radical (unpaired) electrons. The highest BCUT2D eigenvalue weighted by Gasteiger charge is 2.23. The van der Waals surface area contributed by atoms with Crippen LogP contribution in [0.5, 0.6) is 0 Å². The van der Waals surface area contributed by atoms with Crippen molar-refractivity contribution >= 4 is 5.97 Å². The highest BCUT2D eigenvalue weighted by atomic mass is 16.6. The molecule has 0 aliphatic rings. The van der Waals surface area contributed by atoms with Crippen LogP contribution in [0.1, 0.15) is 48.7 Å². The second kappa shape index (κ2) is 6.35. The lowest BCUT2D eigenvalue weighted by molar-refractivity contribution is -0.00234. The molecule has 0 bridgehead atoms. The summed E-state index contributed by atoms with van der Waals surface area (Å²) in [7, 11) is 0. The average Bonchev–Trinajstić information content (AvgIpc) is 2.47. The minimum Gasteiger partial charge on any atom is -0.456 e. The Bertz CT molecular complexity index is 684. The van der Waals surface area contributed by atoms with Crippen molar-refractivity contribution in [2.24, 2.45) is 0 Å². The van der Waals surface area contributed by atoms with Crippen molar-refractivity contribution in [3.8, 4) is 11.1 Å². The summed E-state index contributed by atoms with van der Waals surface area (Å²) < 4.78 is 5.66. The van der Waals surface area contributed by atoms with E-state index < -0.39 is 5.60 Å². The minimum atomic E-state index is -0.452. The summed E-state index contributed by atoms with van der Waals surface area (Å²) in [5, 5.41) is 0. The van der Waals surface area contributed by atoms with Crippen molar-refractivity contribution in [1.82, 2.24) is 0 Å². The first kappa shape index (κ1) is 16.3. The molecule has 0 aliphatic heterocycles. The predicted molar refractivity (Wildman–Crippen MR) is 91.1 cm³/mol. The van der Waals surface area contributed by atoms with E-state index in [1.807, 2.05) is 45.0 Å². The summed E-state index contributed by atoms with van der Waals surface area (Å²) >= 11 is 0. The number of carbonyl (C=O) groups excluding carboxylic acids is 1. The van der Waals surface area contributed by atoms with Gasteiger partial charge < -0.3 is 4.74 Å². The van der Waals surface area contributed by atoms with Gasteiger partial charge in [-0.3, -0.25) is 0 Å². The number of benzene rings is 2. The van der Waals surface area contributed by atoms with Gasteiger partial charge >= 0.3 is 5.97 Å². The van der Waals surface area contributed by atoms with Gasteiger partial charge in [0.2, 0.25) is 0 Å². The van der Waals surface area contributed by atoms with E-state index in [2.05, 4.69) is 32.0 Å². The van der Waals surface area contributed by atoms with Crippen molar-refractivity contribution in [3.63, 3.8) is 0 Å². The number of rotatable bonds is 4. The number of esters is 1. The first-order valence-electron chi connectivity index (χ1n) is 7.74. The summed E-state index contributed by atoms with van der Waals surface area (Å²) in [6.45, 7) is 10.0. The van der Waals surface area contributed by atoms with E-state index >= 15 is 0 Å². The fourth-order valence-corrected chi connectivity index (χ4v) is 2.39. The largest absolute Gasteiger partial charge is 0.456 e. The topological polar surface area (TPSA) is 26.3 Å². The Morgan fingerprint density at radius 3 is 2.36 bits per heavy atom. The molecule has 0 aliphatic carbocycles. The molecule has 116 valence electrons. The zero-order chi connectivity index (χ0) is 16.3. The van der Waals surface area contributed by atoms with E-state index in [-0.39, 0.29) is 5.97 Å².